The van der Waals surface area contributed by atoms with Gasteiger partial charge in [-0.3, -0.25) is 9.36 Å². The van der Waals surface area contributed by atoms with Gasteiger partial charge in [0.2, 0.25) is 5.91 Å². The van der Waals surface area contributed by atoms with Crippen LogP contribution in [-0.2, 0) is 13.1 Å². The fourth-order valence-electron chi connectivity index (χ4n) is 6.79. The van der Waals surface area contributed by atoms with E-state index in [4.69, 9.17) is 4.74 Å². The maximum absolute atomic E-state index is 14.2. The second-order valence-corrected chi connectivity index (χ2v) is 11.6. The quantitative estimate of drug-likeness (QED) is 0.156. The lowest BCUT2D eigenvalue weighted by atomic mass is 9.92. The fourth-order valence-corrected chi connectivity index (χ4v) is 6.79. The highest BCUT2D eigenvalue weighted by molar-refractivity contribution is 6.00. The van der Waals surface area contributed by atoms with Crippen molar-refractivity contribution in [1.82, 2.24) is 4.57 Å². The highest BCUT2D eigenvalue weighted by Crippen LogP contribution is 2.42. The first-order valence-corrected chi connectivity index (χ1v) is 14.6. The summed E-state index contributed by atoms with van der Waals surface area (Å²) in [6.45, 7) is 5.84. The molecule has 5 aromatic carbocycles. The summed E-state index contributed by atoms with van der Waals surface area (Å²) in [7, 11) is 0. The van der Waals surface area contributed by atoms with Gasteiger partial charge < -0.3 is 14.5 Å². The molecule has 0 saturated heterocycles. The van der Waals surface area contributed by atoms with Gasteiger partial charge in [0.25, 0.3) is 0 Å². The first kappa shape index (κ1) is 26.2. The molecule has 0 N–H and O–H groups in total. The number of hydrogen-bond acceptors (Lipinski definition) is 5. The van der Waals surface area contributed by atoms with Crippen LogP contribution in [0.2, 0.25) is 0 Å². The van der Waals surface area contributed by atoms with Crippen LogP contribution >= 0.6 is 0 Å². The van der Waals surface area contributed by atoms with Crippen molar-refractivity contribution >= 4 is 44.9 Å². The van der Waals surface area contributed by atoms with Gasteiger partial charge in [-0.05, 0) is 101 Å². The fraction of sp³-hybridized carbons (Fsp3) is 0.135. The average Bonchev–Trinajstić information content (AvgIpc) is 3.43. The van der Waals surface area contributed by atoms with Crippen molar-refractivity contribution in [3.63, 3.8) is 0 Å². The van der Waals surface area contributed by atoms with Crippen LogP contribution in [0.5, 0.6) is 5.75 Å². The van der Waals surface area contributed by atoms with Crippen molar-refractivity contribution in [3.8, 4) is 16.9 Å². The molecule has 0 fully saturated rings. The second-order valence-electron chi connectivity index (χ2n) is 11.6. The number of aryl methyl sites for hydroxylation is 1. The minimum absolute atomic E-state index is 0.00144. The van der Waals surface area contributed by atoms with Gasteiger partial charge in [0.1, 0.15) is 11.6 Å². The van der Waals surface area contributed by atoms with E-state index < -0.39 is 5.97 Å². The van der Waals surface area contributed by atoms with Gasteiger partial charge in [-0.15, -0.1) is 0 Å². The van der Waals surface area contributed by atoms with Crippen LogP contribution in [0.3, 0.4) is 0 Å². The van der Waals surface area contributed by atoms with Gasteiger partial charge in [-0.1, -0.05) is 30.3 Å². The van der Waals surface area contributed by atoms with Crippen LogP contribution in [0.25, 0.3) is 32.8 Å². The van der Waals surface area contributed by atoms with E-state index in [-0.39, 0.29) is 11.7 Å². The zero-order valence-electron chi connectivity index (χ0n) is 24.3. The van der Waals surface area contributed by atoms with E-state index in [1.807, 2.05) is 31.3 Å². The van der Waals surface area contributed by atoms with E-state index in [2.05, 4.69) is 40.1 Å². The largest absolute Gasteiger partial charge is 0.423 e. The van der Waals surface area contributed by atoms with Crippen molar-refractivity contribution in [1.29, 1.82) is 0 Å². The molecule has 0 spiro atoms. The molecule has 1 aromatic heterocycles. The number of fused-ring (bicyclic) bond motifs is 8. The maximum atomic E-state index is 14.2. The monoisotopic (exact) mass is 581 g/mol. The zero-order valence-corrected chi connectivity index (χ0v) is 24.3. The zero-order chi connectivity index (χ0) is 30.1. The summed E-state index contributed by atoms with van der Waals surface area (Å²) in [5, 5.41) is 2.20. The van der Waals surface area contributed by atoms with Gasteiger partial charge in [0.15, 0.2) is 0 Å². The van der Waals surface area contributed by atoms with Crippen molar-refractivity contribution in [2.24, 2.45) is 0 Å². The molecule has 0 aliphatic carbocycles. The van der Waals surface area contributed by atoms with E-state index in [0.29, 0.717) is 22.1 Å². The molecule has 7 heteroatoms. The van der Waals surface area contributed by atoms with Crippen LogP contribution in [-0.4, -0.2) is 23.1 Å². The third-order valence-electron chi connectivity index (χ3n) is 8.85. The number of benzene rings is 5. The van der Waals surface area contributed by atoms with Crippen LogP contribution in [0.15, 0.2) is 97.2 Å². The molecule has 3 heterocycles. The van der Waals surface area contributed by atoms with Crippen LogP contribution in [0, 0.1) is 12.7 Å². The summed E-state index contributed by atoms with van der Waals surface area (Å²) in [4.78, 5) is 30.4. The Balaban J connectivity index is 1.13. The Morgan fingerprint density at radius 2 is 1.59 bits per heavy atom. The average molecular weight is 582 g/mol. The summed E-state index contributed by atoms with van der Waals surface area (Å²) in [6.07, 6.45) is 1.84. The molecule has 0 unspecified atom stereocenters. The number of hydrogen-bond donors (Lipinski definition) is 0. The SMILES string of the molecule is CC(=O)n1ccc2cc3c(cc21)CN1CN3Cc2cc(-c3c(C)cccc3C(=O)Oc3ccc4c(F)cccc4c3)ccc21. The van der Waals surface area contributed by atoms with Crippen molar-refractivity contribution in [2.75, 3.05) is 16.5 Å². The Morgan fingerprint density at radius 3 is 2.43 bits per heavy atom. The van der Waals surface area contributed by atoms with Gasteiger partial charge in [-0.25, -0.2) is 9.18 Å². The topological polar surface area (TPSA) is 54.8 Å². The number of carbonyl (C=O) groups excluding carboxylic acids is 2. The van der Waals surface area contributed by atoms with E-state index in [1.165, 1.54) is 28.6 Å². The number of nitrogens with zero attached hydrogens (tertiary/aromatic N) is 3. The van der Waals surface area contributed by atoms with E-state index in [1.54, 1.807) is 47.9 Å². The maximum Gasteiger partial charge on any atom is 0.344 e. The molecule has 0 saturated carbocycles. The van der Waals surface area contributed by atoms with Crippen molar-refractivity contribution in [3.05, 3.63) is 125 Å². The Hall–Kier alpha value is -5.43. The Labute approximate surface area is 253 Å². The van der Waals surface area contributed by atoms with Crippen LogP contribution in [0.1, 0.15) is 38.8 Å². The third kappa shape index (κ3) is 4.15. The molecular weight excluding hydrogens is 553 g/mol. The number of carbonyl (C=O) groups is 2. The first-order valence-electron chi connectivity index (χ1n) is 14.6. The molecule has 0 atom stereocenters. The Bertz CT molecular complexity index is 2180. The molecule has 44 heavy (non-hydrogen) atoms. The molecule has 0 amide bonds. The lowest BCUT2D eigenvalue weighted by Crippen LogP contribution is -2.46. The standard InChI is InChI=1S/C37H28FN3O3/c1-22-5-3-7-31(37(43)44-29-10-11-30-24(16-29)6-4-8-32(30)38)36(22)26-9-12-33-27(15-26)19-40-21-39(33)20-28-18-35-25(17-34(28)40)13-14-41(35)23(2)42/h3-18H,19-21H2,1-2H3. The minimum atomic E-state index is -0.461. The van der Waals surface area contributed by atoms with E-state index in [9.17, 15) is 14.0 Å². The Morgan fingerprint density at radius 1 is 0.795 bits per heavy atom. The molecule has 6 aromatic rings. The van der Waals surface area contributed by atoms with E-state index in [0.717, 1.165) is 47.4 Å². The summed E-state index contributed by atoms with van der Waals surface area (Å²) in [6, 6.07) is 28.2. The predicted molar refractivity (Wildman–Crippen MR) is 171 cm³/mol. The number of halogens is 1. The van der Waals surface area contributed by atoms with Crippen molar-refractivity contribution < 1.29 is 18.7 Å². The third-order valence-corrected chi connectivity index (χ3v) is 8.85. The molecule has 2 aliphatic heterocycles. The molecular formula is C37H28FN3O3. The molecule has 0 radical (unpaired) electrons. The van der Waals surface area contributed by atoms with Crippen LogP contribution in [0.4, 0.5) is 15.8 Å². The Kier molecular flexibility index (Phi) is 5.84. The second kappa shape index (κ2) is 9.81. The van der Waals surface area contributed by atoms with Crippen LogP contribution < -0.4 is 14.5 Å². The van der Waals surface area contributed by atoms with Gasteiger partial charge in [0.05, 0.1) is 17.7 Å². The molecule has 2 bridgehead atoms. The molecule has 8 rings (SSSR count). The van der Waals surface area contributed by atoms with Gasteiger partial charge in [-0.2, -0.15) is 0 Å². The van der Waals surface area contributed by atoms with E-state index >= 15 is 0 Å². The predicted octanol–water partition coefficient (Wildman–Crippen LogP) is 8.09. The molecule has 6 nitrogen and oxygen atoms in total. The minimum Gasteiger partial charge on any atom is -0.423 e. The highest BCUT2D eigenvalue weighted by Gasteiger charge is 2.31. The summed E-state index contributed by atoms with van der Waals surface area (Å²) in [5.41, 5.74) is 8.89. The summed E-state index contributed by atoms with van der Waals surface area (Å²) in [5.74, 6) is -0.404. The lowest BCUT2D eigenvalue weighted by Gasteiger charge is -2.45. The number of ether oxygens (including phenoxy) is 1. The summed E-state index contributed by atoms with van der Waals surface area (Å²) < 4.78 is 21.7. The van der Waals surface area contributed by atoms with Crippen molar-refractivity contribution in [2.45, 2.75) is 26.9 Å². The molecule has 2 aliphatic rings. The normalized spacial score (nSPS) is 13.6. The highest BCUT2D eigenvalue weighted by atomic mass is 19.1. The van der Waals surface area contributed by atoms with Gasteiger partial charge >= 0.3 is 5.97 Å². The lowest BCUT2D eigenvalue weighted by molar-refractivity contribution is 0.0735. The summed E-state index contributed by atoms with van der Waals surface area (Å²) >= 11 is 0. The van der Waals surface area contributed by atoms with Gasteiger partial charge in [0, 0.05) is 48.4 Å². The number of rotatable bonds is 3. The molecule has 216 valence electrons. The number of esters is 1. The smallest absolute Gasteiger partial charge is 0.344 e. The number of anilines is 2. The number of aromatic nitrogens is 1. The first-order chi connectivity index (χ1) is 21.3.